The molecule has 1 saturated heterocycles. The van der Waals surface area contributed by atoms with E-state index in [2.05, 4.69) is 54.8 Å². The molecule has 0 spiro atoms. The van der Waals surface area contributed by atoms with Crippen LogP contribution in [0.25, 0.3) is 0 Å². The molecule has 20 nitrogen and oxygen atoms in total. The quantitative estimate of drug-likeness (QED) is 0.0309. The van der Waals surface area contributed by atoms with Gasteiger partial charge in [-0.05, 0) is 44.2 Å². The maximum Gasteiger partial charge on any atom is 0.327 e. The van der Waals surface area contributed by atoms with Crippen molar-refractivity contribution in [3.63, 3.8) is 0 Å². The van der Waals surface area contributed by atoms with Crippen LogP contribution >= 0.6 is 12.6 Å². The second-order valence-electron chi connectivity index (χ2n) is 12.1. The minimum atomic E-state index is -1.61. The van der Waals surface area contributed by atoms with E-state index < -0.39 is 97.0 Å². The average Bonchev–Trinajstić information content (AvgIpc) is 3.12. The molecule has 0 aliphatic carbocycles. The van der Waals surface area contributed by atoms with Crippen molar-refractivity contribution in [2.45, 2.75) is 75.2 Å². The smallest absolute Gasteiger partial charge is 0.327 e. The largest absolute Gasteiger partial charge is 0.480 e. The van der Waals surface area contributed by atoms with Crippen molar-refractivity contribution in [2.24, 2.45) is 22.2 Å². The minimum Gasteiger partial charge on any atom is -0.480 e. The van der Waals surface area contributed by atoms with Gasteiger partial charge >= 0.3 is 5.97 Å². The third-order valence-corrected chi connectivity index (χ3v) is 8.17. The van der Waals surface area contributed by atoms with Gasteiger partial charge in [0.05, 0.1) is 19.5 Å². The Labute approximate surface area is 311 Å². The number of carboxylic acids is 1. The molecule has 0 bridgehead atoms. The van der Waals surface area contributed by atoms with Crippen molar-refractivity contribution in [3.8, 4) is 0 Å². The Hall–Kier alpha value is -5.44. The number of amides is 7. The van der Waals surface area contributed by atoms with Crippen LogP contribution in [0.2, 0.25) is 0 Å². The number of nitrogens with one attached hydrogen (secondary N) is 7. The standard InChI is InChI=1S/C32H49N11O9S/c33-11-5-4-9-20-28(48)41-19(10-6-12-36-32(34)35)27(47)38-16-26(46)39-22(14-24(44)37-15-25(45)40-23(17-53)31(51)52)30(50)43-21(29(49)42-20)13-18-7-2-1-3-8-18/h1-3,7-8,19-23,53H,4-6,9-17,33H2,(H,37,44)(H,38,47)(H,39,46)(H,40,45)(H,41,48)(H,42,49)(H,43,50)(H,51,52)(H4,34,35,36)/t19-,20?,21+,22-,23+/m0/s1. The number of benzene rings is 1. The van der Waals surface area contributed by atoms with E-state index in [0.717, 1.165) is 0 Å². The fraction of sp³-hybridized carbons (Fsp3) is 0.531. The summed E-state index contributed by atoms with van der Waals surface area (Å²) in [6, 6.07) is 2.05. The molecule has 1 aliphatic rings. The number of rotatable bonds is 17. The first kappa shape index (κ1) is 43.7. The predicted octanol–water partition coefficient (Wildman–Crippen LogP) is -4.51. The summed E-state index contributed by atoms with van der Waals surface area (Å²) in [7, 11) is 0. The van der Waals surface area contributed by atoms with Gasteiger partial charge in [0.1, 0.15) is 30.2 Å². The van der Waals surface area contributed by atoms with Crippen LogP contribution in [-0.2, 0) is 44.8 Å². The lowest BCUT2D eigenvalue weighted by Crippen LogP contribution is -2.58. The summed E-state index contributed by atoms with van der Waals surface area (Å²) in [4.78, 5) is 108. The van der Waals surface area contributed by atoms with Crippen LogP contribution in [0.4, 0.5) is 0 Å². The van der Waals surface area contributed by atoms with Crippen molar-refractivity contribution in [1.29, 1.82) is 0 Å². The van der Waals surface area contributed by atoms with Gasteiger partial charge in [0.15, 0.2) is 5.96 Å². The van der Waals surface area contributed by atoms with Gasteiger partial charge in [0.25, 0.3) is 0 Å². The highest BCUT2D eigenvalue weighted by Gasteiger charge is 2.33. The second kappa shape index (κ2) is 23.2. The lowest BCUT2D eigenvalue weighted by Gasteiger charge is -2.26. The summed E-state index contributed by atoms with van der Waals surface area (Å²) in [6.45, 7) is -0.874. The Kier molecular flexibility index (Phi) is 19.1. The molecule has 7 amide bonds. The van der Waals surface area contributed by atoms with E-state index in [9.17, 15) is 38.4 Å². The summed E-state index contributed by atoms with van der Waals surface area (Å²) >= 11 is 3.86. The van der Waals surface area contributed by atoms with Crippen LogP contribution in [0.1, 0.15) is 44.1 Å². The normalized spacial score (nSPS) is 20.5. The molecular weight excluding hydrogens is 714 g/mol. The lowest BCUT2D eigenvalue weighted by molar-refractivity contribution is -0.141. The third-order valence-electron chi connectivity index (χ3n) is 7.80. The highest BCUT2D eigenvalue weighted by molar-refractivity contribution is 7.80. The van der Waals surface area contributed by atoms with E-state index in [0.29, 0.717) is 24.9 Å². The van der Waals surface area contributed by atoms with E-state index in [-0.39, 0.29) is 43.9 Å². The topological polar surface area (TPSA) is 331 Å². The van der Waals surface area contributed by atoms with Gasteiger partial charge in [-0.2, -0.15) is 12.6 Å². The molecule has 292 valence electrons. The monoisotopic (exact) mass is 763 g/mol. The number of carbonyl (C=O) groups excluding carboxylic acids is 7. The SMILES string of the molecule is NCCCCC1NC(=O)[C@@H](Cc2ccccc2)NC(=O)[C@H](CC(=O)NCC(=O)N[C@H](CS)C(=O)O)NC(=O)CNC(=O)[C@H](CCCN=C(N)N)NC1=O. The number of carbonyl (C=O) groups is 8. The zero-order chi connectivity index (χ0) is 39.3. The molecule has 1 fully saturated rings. The third kappa shape index (κ3) is 16.6. The van der Waals surface area contributed by atoms with Crippen LogP contribution in [0.5, 0.6) is 0 Å². The van der Waals surface area contributed by atoms with Crippen molar-refractivity contribution in [2.75, 3.05) is 31.9 Å². The van der Waals surface area contributed by atoms with Gasteiger partial charge in [0.2, 0.25) is 41.4 Å². The number of aliphatic imine (C=N–C) groups is 1. The summed E-state index contributed by atoms with van der Waals surface area (Å²) in [5, 5.41) is 26.2. The van der Waals surface area contributed by atoms with Gasteiger partial charge in [-0.3, -0.25) is 38.6 Å². The Morgan fingerprint density at radius 1 is 0.830 bits per heavy atom. The van der Waals surface area contributed by atoms with Gasteiger partial charge < -0.3 is 59.5 Å². The Balaban J connectivity index is 2.42. The molecule has 1 aliphatic heterocycles. The molecule has 2 rings (SSSR count). The van der Waals surface area contributed by atoms with Crippen LogP contribution in [0, 0.1) is 0 Å². The average molecular weight is 764 g/mol. The molecule has 1 aromatic rings. The van der Waals surface area contributed by atoms with Gasteiger partial charge in [-0.25, -0.2) is 4.79 Å². The van der Waals surface area contributed by atoms with Crippen LogP contribution in [0.15, 0.2) is 35.3 Å². The summed E-state index contributed by atoms with van der Waals surface area (Å²) in [6.07, 6.45) is 0.639. The van der Waals surface area contributed by atoms with Gasteiger partial charge in [0, 0.05) is 18.7 Å². The first-order chi connectivity index (χ1) is 25.2. The minimum absolute atomic E-state index is 0.0493. The Morgan fingerprint density at radius 3 is 2.06 bits per heavy atom. The van der Waals surface area contributed by atoms with Gasteiger partial charge in [-0.15, -0.1) is 0 Å². The second-order valence-corrected chi connectivity index (χ2v) is 12.4. The van der Waals surface area contributed by atoms with Crippen molar-refractivity contribution < 1.29 is 43.5 Å². The Morgan fingerprint density at radius 2 is 1.43 bits per heavy atom. The fourth-order valence-electron chi connectivity index (χ4n) is 5.02. The zero-order valence-electron chi connectivity index (χ0n) is 29.1. The highest BCUT2D eigenvalue weighted by Crippen LogP contribution is 2.09. The molecule has 0 aromatic heterocycles. The number of thiol groups is 1. The first-order valence-electron chi connectivity index (χ1n) is 16.9. The van der Waals surface area contributed by atoms with E-state index in [1.807, 2.05) is 0 Å². The number of guanidine groups is 1. The number of aliphatic carboxylic acids is 1. The van der Waals surface area contributed by atoms with E-state index in [4.69, 9.17) is 22.3 Å². The summed E-state index contributed by atoms with van der Waals surface area (Å²) in [5.74, 6) is -7.53. The Bertz CT molecular complexity index is 1480. The zero-order valence-corrected chi connectivity index (χ0v) is 30.0. The molecule has 0 saturated carbocycles. The molecule has 1 heterocycles. The van der Waals surface area contributed by atoms with Crippen molar-refractivity contribution >= 4 is 65.9 Å². The predicted molar refractivity (Wildman–Crippen MR) is 195 cm³/mol. The van der Waals surface area contributed by atoms with Crippen LogP contribution < -0.4 is 54.4 Å². The first-order valence-corrected chi connectivity index (χ1v) is 17.5. The van der Waals surface area contributed by atoms with E-state index in [1.54, 1.807) is 30.3 Å². The molecular formula is C32H49N11O9S. The number of hydrogen-bond acceptors (Lipinski definition) is 11. The number of unbranched alkanes of at least 4 members (excludes halogenated alkanes) is 1. The molecule has 53 heavy (non-hydrogen) atoms. The fourth-order valence-corrected chi connectivity index (χ4v) is 5.27. The van der Waals surface area contributed by atoms with Crippen LogP contribution in [-0.4, -0.2) is 121 Å². The number of nitrogens with zero attached hydrogens (tertiary/aromatic N) is 1. The number of hydrogen-bond donors (Lipinski definition) is 12. The van der Waals surface area contributed by atoms with E-state index in [1.165, 1.54) is 0 Å². The van der Waals surface area contributed by atoms with Crippen molar-refractivity contribution in [1.82, 2.24) is 37.2 Å². The molecule has 21 heteroatoms. The van der Waals surface area contributed by atoms with E-state index >= 15 is 0 Å². The summed E-state index contributed by atoms with van der Waals surface area (Å²) < 4.78 is 0. The van der Waals surface area contributed by atoms with Gasteiger partial charge in [-0.1, -0.05) is 30.3 Å². The molecule has 1 unspecified atom stereocenters. The molecule has 0 radical (unpaired) electrons. The maximum atomic E-state index is 13.8. The van der Waals surface area contributed by atoms with Crippen LogP contribution in [0.3, 0.4) is 0 Å². The number of carboxylic acid groups (broad SMARTS) is 1. The molecule has 1 aromatic carbocycles. The number of nitrogens with two attached hydrogens (primary N) is 3. The molecule has 5 atom stereocenters. The summed E-state index contributed by atoms with van der Waals surface area (Å²) in [5.41, 5.74) is 17.1. The maximum absolute atomic E-state index is 13.8. The van der Waals surface area contributed by atoms with Crippen molar-refractivity contribution in [3.05, 3.63) is 35.9 Å². The lowest BCUT2D eigenvalue weighted by atomic mass is 10.0. The molecule has 14 N–H and O–H groups in total. The highest BCUT2D eigenvalue weighted by atomic mass is 32.1.